The van der Waals surface area contributed by atoms with Crippen LogP contribution in [0.4, 0.5) is 0 Å². The summed E-state index contributed by atoms with van der Waals surface area (Å²) in [5, 5.41) is 14.4. The quantitative estimate of drug-likeness (QED) is 0.194. The number of aromatic nitrogens is 1. The first-order chi connectivity index (χ1) is 25.3. The largest absolute Gasteiger partial charge is 0.456 e. The van der Waals surface area contributed by atoms with E-state index in [2.05, 4.69) is 155 Å². The van der Waals surface area contributed by atoms with Crippen LogP contribution in [0.1, 0.15) is 29.0 Å². The summed E-state index contributed by atoms with van der Waals surface area (Å²) in [4.78, 5) is 9.58. The van der Waals surface area contributed by atoms with Crippen LogP contribution in [0.25, 0.3) is 65.7 Å². The van der Waals surface area contributed by atoms with Crippen molar-refractivity contribution in [2.24, 2.45) is 4.99 Å². The maximum Gasteiger partial charge on any atom is 0.138 e. The molecule has 2 aromatic heterocycles. The molecule has 5 heteroatoms. The number of amidine groups is 1. The minimum atomic E-state index is -0.192. The first kappa shape index (κ1) is 29.4. The van der Waals surface area contributed by atoms with Gasteiger partial charge < -0.3 is 9.73 Å². The number of nitrogens with one attached hydrogen (secondary N) is 2. The highest BCUT2D eigenvalue weighted by molar-refractivity contribution is 6.16. The normalized spacial score (nSPS) is 16.0. The van der Waals surface area contributed by atoms with E-state index in [1.807, 2.05) is 24.4 Å². The monoisotopic (exact) mass is 656 g/mol. The van der Waals surface area contributed by atoms with E-state index in [0.717, 1.165) is 50.0 Å². The summed E-state index contributed by atoms with van der Waals surface area (Å²) in [7, 11) is 0. The van der Waals surface area contributed by atoms with E-state index >= 15 is 0 Å². The van der Waals surface area contributed by atoms with Crippen molar-refractivity contribution in [3.63, 3.8) is 0 Å². The zero-order chi connectivity index (χ0) is 33.7. The van der Waals surface area contributed by atoms with Crippen LogP contribution >= 0.6 is 0 Å². The van der Waals surface area contributed by atoms with Gasteiger partial charge in [0.2, 0.25) is 0 Å². The smallest absolute Gasteiger partial charge is 0.138 e. The molecule has 7 aromatic carbocycles. The molecular formula is C46H32N4O. The molecule has 0 spiro atoms. The number of benzene rings is 7. The summed E-state index contributed by atoms with van der Waals surface area (Å²) in [6.45, 7) is 0. The standard InChI is InChI=1S/C46H32N4O/c1-2-10-31(11-3-1)44-48-45(50-46(49-44)34-22-17-29-9-4-5-12-33(29)27-34)32-20-18-30(19-21-32)35-23-24-38(37-14-7-6-13-36(35)37)39-15-8-16-42-43(39)40-28-47-26-25-41(40)51-42/h1-28,44,46,49H,(H,48,50). The number of pyridine rings is 1. The van der Waals surface area contributed by atoms with Crippen molar-refractivity contribution in [1.29, 1.82) is 0 Å². The number of rotatable bonds is 5. The van der Waals surface area contributed by atoms with Crippen molar-refractivity contribution in [1.82, 2.24) is 15.6 Å². The van der Waals surface area contributed by atoms with Crippen LogP contribution in [0.5, 0.6) is 0 Å². The Bertz CT molecular complexity index is 2770. The Kier molecular flexibility index (Phi) is 6.96. The van der Waals surface area contributed by atoms with Crippen LogP contribution in [-0.4, -0.2) is 10.8 Å². The summed E-state index contributed by atoms with van der Waals surface area (Å²) in [6, 6.07) is 55.7. The van der Waals surface area contributed by atoms with Gasteiger partial charge in [0.15, 0.2) is 0 Å². The van der Waals surface area contributed by atoms with Gasteiger partial charge in [-0.3, -0.25) is 10.3 Å². The van der Waals surface area contributed by atoms with Crippen LogP contribution in [0.2, 0.25) is 0 Å². The van der Waals surface area contributed by atoms with E-state index in [4.69, 9.17) is 9.41 Å². The molecule has 5 nitrogen and oxygen atoms in total. The maximum atomic E-state index is 6.20. The van der Waals surface area contributed by atoms with Crippen LogP contribution in [0.3, 0.4) is 0 Å². The molecule has 1 aliphatic rings. The van der Waals surface area contributed by atoms with Crippen molar-refractivity contribution in [3.8, 4) is 22.3 Å². The Morgan fingerprint density at radius 2 is 1.25 bits per heavy atom. The van der Waals surface area contributed by atoms with Gasteiger partial charge in [0, 0.05) is 28.7 Å². The van der Waals surface area contributed by atoms with E-state index in [0.29, 0.717) is 0 Å². The van der Waals surface area contributed by atoms with Crippen LogP contribution < -0.4 is 10.6 Å². The third-order valence-electron chi connectivity index (χ3n) is 10.1. The molecule has 9 aromatic rings. The van der Waals surface area contributed by atoms with Crippen molar-refractivity contribution in [2.45, 2.75) is 12.3 Å². The van der Waals surface area contributed by atoms with Gasteiger partial charge in [0.25, 0.3) is 0 Å². The summed E-state index contributed by atoms with van der Waals surface area (Å²) in [5.41, 5.74) is 9.69. The lowest BCUT2D eigenvalue weighted by molar-refractivity contribution is 0.409. The molecule has 0 saturated carbocycles. The summed E-state index contributed by atoms with van der Waals surface area (Å²) >= 11 is 0. The maximum absolute atomic E-state index is 6.20. The third kappa shape index (κ3) is 5.14. The Labute approximate surface area is 294 Å². The molecule has 242 valence electrons. The molecule has 51 heavy (non-hydrogen) atoms. The van der Waals surface area contributed by atoms with E-state index in [1.54, 1.807) is 6.20 Å². The predicted octanol–water partition coefficient (Wildman–Crippen LogP) is 11.0. The number of fused-ring (bicyclic) bond motifs is 5. The number of furan rings is 1. The van der Waals surface area contributed by atoms with Crippen molar-refractivity contribution in [2.75, 3.05) is 0 Å². The van der Waals surface area contributed by atoms with Gasteiger partial charge in [-0.15, -0.1) is 0 Å². The topological polar surface area (TPSA) is 62.5 Å². The molecule has 2 N–H and O–H groups in total. The molecule has 0 radical (unpaired) electrons. The van der Waals surface area contributed by atoms with E-state index < -0.39 is 0 Å². The second kappa shape index (κ2) is 12.1. The van der Waals surface area contributed by atoms with Gasteiger partial charge in [-0.1, -0.05) is 140 Å². The van der Waals surface area contributed by atoms with E-state index in [-0.39, 0.29) is 12.3 Å². The van der Waals surface area contributed by atoms with Gasteiger partial charge in [0.05, 0.1) is 0 Å². The van der Waals surface area contributed by atoms with Crippen molar-refractivity contribution < 1.29 is 4.42 Å². The molecule has 10 rings (SSSR count). The first-order valence-corrected chi connectivity index (χ1v) is 17.3. The average molecular weight is 657 g/mol. The minimum Gasteiger partial charge on any atom is -0.456 e. The molecule has 0 fully saturated rings. The number of nitrogens with zero attached hydrogens (tertiary/aromatic N) is 2. The fourth-order valence-corrected chi connectivity index (χ4v) is 7.56. The number of aliphatic imine (C=N–C) groups is 1. The first-order valence-electron chi connectivity index (χ1n) is 17.3. The molecular weight excluding hydrogens is 625 g/mol. The lowest BCUT2D eigenvalue weighted by Gasteiger charge is -2.32. The lowest BCUT2D eigenvalue weighted by atomic mass is 9.90. The van der Waals surface area contributed by atoms with Crippen LogP contribution in [0, 0.1) is 0 Å². The highest BCUT2D eigenvalue weighted by Gasteiger charge is 2.26. The molecule has 2 atom stereocenters. The summed E-state index contributed by atoms with van der Waals surface area (Å²) in [6.07, 6.45) is 3.37. The molecule has 0 amide bonds. The summed E-state index contributed by atoms with van der Waals surface area (Å²) in [5.74, 6) is 0.863. The molecule has 1 aliphatic heterocycles. The van der Waals surface area contributed by atoms with Crippen LogP contribution in [-0.2, 0) is 0 Å². The molecule has 0 aliphatic carbocycles. The van der Waals surface area contributed by atoms with Gasteiger partial charge >= 0.3 is 0 Å². The number of hydrogen-bond acceptors (Lipinski definition) is 5. The average Bonchev–Trinajstić information content (AvgIpc) is 3.60. The lowest BCUT2D eigenvalue weighted by Crippen LogP contribution is -2.44. The third-order valence-corrected chi connectivity index (χ3v) is 10.1. The van der Waals surface area contributed by atoms with Gasteiger partial charge in [0.1, 0.15) is 29.3 Å². The zero-order valence-electron chi connectivity index (χ0n) is 27.6. The summed E-state index contributed by atoms with van der Waals surface area (Å²) < 4.78 is 6.20. The van der Waals surface area contributed by atoms with E-state index in [1.165, 1.54) is 38.2 Å². The SMILES string of the molecule is c1ccc(C2N=C(c3ccc(-c4ccc(-c5cccc6oc7ccncc7c56)c5ccccc45)cc3)NC(c3ccc4ccccc4c3)N2)cc1. The molecule has 2 unspecified atom stereocenters. The molecule has 0 bridgehead atoms. The Morgan fingerprint density at radius 1 is 0.510 bits per heavy atom. The highest BCUT2D eigenvalue weighted by Crippen LogP contribution is 2.41. The second-order valence-corrected chi connectivity index (χ2v) is 13.1. The Balaban J connectivity index is 1.03. The minimum absolute atomic E-state index is 0.115. The fourth-order valence-electron chi connectivity index (χ4n) is 7.56. The zero-order valence-corrected chi connectivity index (χ0v) is 27.6. The van der Waals surface area contributed by atoms with Crippen LogP contribution in [0.15, 0.2) is 180 Å². The fraction of sp³-hybridized carbons (Fsp3) is 0.0435. The predicted molar refractivity (Wildman–Crippen MR) is 209 cm³/mol. The number of hydrogen-bond donors (Lipinski definition) is 2. The van der Waals surface area contributed by atoms with Gasteiger partial charge in [-0.2, -0.15) is 0 Å². The van der Waals surface area contributed by atoms with Gasteiger partial charge in [-0.05, 0) is 73.1 Å². The van der Waals surface area contributed by atoms with Crippen molar-refractivity contribution >= 4 is 49.3 Å². The van der Waals surface area contributed by atoms with E-state index in [9.17, 15) is 0 Å². The second-order valence-electron chi connectivity index (χ2n) is 13.1. The van der Waals surface area contributed by atoms with Crippen molar-refractivity contribution in [3.05, 3.63) is 187 Å². The highest BCUT2D eigenvalue weighted by atomic mass is 16.3. The Hall–Kier alpha value is -6.56. The molecule has 0 saturated heterocycles. The van der Waals surface area contributed by atoms with Gasteiger partial charge in [-0.25, -0.2) is 4.99 Å². The molecule has 3 heterocycles. The Morgan fingerprint density at radius 3 is 2.12 bits per heavy atom.